The number of pyridine rings is 1. The van der Waals surface area contributed by atoms with Crippen molar-refractivity contribution in [2.45, 2.75) is 38.3 Å². The zero-order valence-electron chi connectivity index (χ0n) is 17.8. The number of rotatable bonds is 5. The zero-order valence-corrected chi connectivity index (χ0v) is 17.8. The van der Waals surface area contributed by atoms with E-state index in [-0.39, 0.29) is 23.1 Å². The van der Waals surface area contributed by atoms with E-state index < -0.39 is 11.9 Å². The van der Waals surface area contributed by atoms with Crippen molar-refractivity contribution in [1.29, 1.82) is 0 Å². The number of fused-ring (bicyclic) bond motifs is 1. The number of para-hydroxylation sites is 1. The quantitative estimate of drug-likeness (QED) is 0.732. The fourth-order valence-corrected chi connectivity index (χ4v) is 4.33. The van der Waals surface area contributed by atoms with Crippen LogP contribution in [0.3, 0.4) is 0 Å². The van der Waals surface area contributed by atoms with E-state index in [0.717, 1.165) is 18.5 Å². The molecule has 0 spiro atoms. The molecule has 0 radical (unpaired) electrons. The standard InChI is InChI=1S/C23H26N2O6/c1-13-11-17-19(22(26)25(13)12-14-7-6-10-30-14)18(15-8-4-5-9-16(15)28-2)20(21(24)31-17)23(27)29-3/h4-5,8-9,11,14,18H,6-7,10,12,24H2,1-3H3/t14-,18+/m0/s1. The third kappa shape index (κ3) is 3.67. The predicted molar refractivity (Wildman–Crippen MR) is 113 cm³/mol. The number of esters is 1. The minimum Gasteiger partial charge on any atom is -0.496 e. The Hall–Kier alpha value is -3.26. The van der Waals surface area contributed by atoms with Crippen LogP contribution in [-0.4, -0.2) is 37.5 Å². The monoisotopic (exact) mass is 426 g/mol. The topological polar surface area (TPSA) is 102 Å². The van der Waals surface area contributed by atoms with Crippen molar-refractivity contribution in [3.8, 4) is 11.5 Å². The highest BCUT2D eigenvalue weighted by atomic mass is 16.5. The highest BCUT2D eigenvalue weighted by Crippen LogP contribution is 2.44. The number of aryl methyl sites for hydroxylation is 1. The van der Waals surface area contributed by atoms with E-state index in [2.05, 4.69) is 0 Å². The van der Waals surface area contributed by atoms with Crippen LogP contribution in [-0.2, 0) is 20.8 Å². The minimum atomic E-state index is -0.795. The van der Waals surface area contributed by atoms with Crippen LogP contribution in [0, 0.1) is 6.92 Å². The Balaban J connectivity index is 1.95. The summed E-state index contributed by atoms with van der Waals surface area (Å²) >= 11 is 0. The molecule has 4 rings (SSSR count). The van der Waals surface area contributed by atoms with Gasteiger partial charge in [-0.1, -0.05) is 18.2 Å². The van der Waals surface area contributed by atoms with Crippen LogP contribution in [0.15, 0.2) is 46.6 Å². The Morgan fingerprint density at radius 1 is 1.29 bits per heavy atom. The normalized spacial score (nSPS) is 20.2. The molecule has 2 N–H and O–H groups in total. The maximum absolute atomic E-state index is 13.7. The number of nitrogens with zero attached hydrogens (tertiary/aromatic N) is 1. The first kappa shape index (κ1) is 21.0. The first-order chi connectivity index (χ1) is 15.0. The second-order valence-electron chi connectivity index (χ2n) is 7.66. The van der Waals surface area contributed by atoms with Gasteiger partial charge < -0.3 is 29.2 Å². The van der Waals surface area contributed by atoms with Crippen LogP contribution in [0.5, 0.6) is 11.5 Å². The number of aromatic nitrogens is 1. The summed E-state index contributed by atoms with van der Waals surface area (Å²) < 4.78 is 23.7. The molecule has 0 amide bonds. The van der Waals surface area contributed by atoms with E-state index in [1.807, 2.05) is 19.1 Å². The molecule has 0 unspecified atom stereocenters. The molecule has 8 heteroatoms. The highest BCUT2D eigenvalue weighted by molar-refractivity contribution is 5.92. The Morgan fingerprint density at radius 3 is 2.74 bits per heavy atom. The van der Waals surface area contributed by atoms with Crippen molar-refractivity contribution in [3.63, 3.8) is 0 Å². The van der Waals surface area contributed by atoms with Crippen molar-refractivity contribution in [2.75, 3.05) is 20.8 Å². The molecule has 1 aromatic carbocycles. The lowest BCUT2D eigenvalue weighted by Gasteiger charge is -2.30. The van der Waals surface area contributed by atoms with Gasteiger partial charge in [-0.15, -0.1) is 0 Å². The third-order valence-corrected chi connectivity index (χ3v) is 5.83. The van der Waals surface area contributed by atoms with E-state index in [1.54, 1.807) is 22.8 Å². The molecule has 31 heavy (non-hydrogen) atoms. The van der Waals surface area contributed by atoms with Crippen LogP contribution in [0.25, 0.3) is 0 Å². The molecule has 164 valence electrons. The molecule has 2 atom stereocenters. The molecular formula is C23H26N2O6. The van der Waals surface area contributed by atoms with Crippen molar-refractivity contribution >= 4 is 5.97 Å². The summed E-state index contributed by atoms with van der Waals surface area (Å²) in [4.78, 5) is 26.4. The van der Waals surface area contributed by atoms with Crippen molar-refractivity contribution < 1.29 is 23.7 Å². The lowest BCUT2D eigenvalue weighted by atomic mass is 9.83. The van der Waals surface area contributed by atoms with Crippen LogP contribution in [0.2, 0.25) is 0 Å². The van der Waals surface area contributed by atoms with Crippen LogP contribution in [0.1, 0.15) is 35.6 Å². The van der Waals surface area contributed by atoms with Gasteiger partial charge in [0.1, 0.15) is 17.1 Å². The van der Waals surface area contributed by atoms with Gasteiger partial charge in [0.25, 0.3) is 5.56 Å². The summed E-state index contributed by atoms with van der Waals surface area (Å²) in [5.74, 6) is -0.695. The van der Waals surface area contributed by atoms with Gasteiger partial charge in [0.2, 0.25) is 5.88 Å². The zero-order chi connectivity index (χ0) is 22.1. The Kier molecular flexibility index (Phi) is 5.73. The fourth-order valence-electron chi connectivity index (χ4n) is 4.33. The van der Waals surface area contributed by atoms with Gasteiger partial charge in [-0.25, -0.2) is 4.79 Å². The van der Waals surface area contributed by atoms with Crippen molar-refractivity contribution in [3.05, 3.63) is 69.0 Å². The lowest BCUT2D eigenvalue weighted by Crippen LogP contribution is -2.36. The molecule has 0 saturated carbocycles. The summed E-state index contributed by atoms with van der Waals surface area (Å²) in [5.41, 5.74) is 7.64. The Bertz CT molecular complexity index is 1100. The molecular weight excluding hydrogens is 400 g/mol. The number of carbonyl (C=O) groups is 1. The van der Waals surface area contributed by atoms with Gasteiger partial charge in [-0.05, 0) is 25.8 Å². The maximum Gasteiger partial charge on any atom is 0.340 e. The smallest absolute Gasteiger partial charge is 0.340 e. The van der Waals surface area contributed by atoms with Crippen molar-refractivity contribution in [1.82, 2.24) is 4.57 Å². The van der Waals surface area contributed by atoms with Crippen LogP contribution < -0.4 is 20.8 Å². The summed E-state index contributed by atoms with van der Waals surface area (Å²) in [6.45, 7) is 2.97. The van der Waals surface area contributed by atoms with Gasteiger partial charge in [-0.3, -0.25) is 4.79 Å². The number of benzene rings is 1. The van der Waals surface area contributed by atoms with Gasteiger partial charge in [-0.2, -0.15) is 0 Å². The molecule has 1 saturated heterocycles. The maximum atomic E-state index is 13.7. The number of nitrogens with two attached hydrogens (primary N) is 1. The summed E-state index contributed by atoms with van der Waals surface area (Å²) in [7, 11) is 2.80. The molecule has 0 bridgehead atoms. The second-order valence-corrected chi connectivity index (χ2v) is 7.66. The number of hydrogen-bond donors (Lipinski definition) is 1. The van der Waals surface area contributed by atoms with E-state index >= 15 is 0 Å². The Labute approximate surface area is 180 Å². The molecule has 0 aliphatic carbocycles. The number of methoxy groups -OCH3 is 2. The molecule has 1 fully saturated rings. The Morgan fingerprint density at radius 2 is 2.06 bits per heavy atom. The SMILES string of the molecule is COC(=O)C1=C(N)Oc2cc(C)n(C[C@@H]3CCCO3)c(=O)c2[C@H]1c1ccccc1OC. The average Bonchev–Trinajstić information content (AvgIpc) is 3.28. The largest absolute Gasteiger partial charge is 0.496 e. The lowest BCUT2D eigenvalue weighted by molar-refractivity contribution is -0.136. The highest BCUT2D eigenvalue weighted by Gasteiger charge is 2.39. The molecule has 2 aliphatic heterocycles. The van der Waals surface area contributed by atoms with Crippen molar-refractivity contribution in [2.24, 2.45) is 5.73 Å². The second kappa shape index (κ2) is 8.47. The minimum absolute atomic E-state index is 0.0237. The molecule has 8 nitrogen and oxygen atoms in total. The molecule has 3 heterocycles. The molecule has 1 aromatic heterocycles. The van der Waals surface area contributed by atoms with E-state index in [4.69, 9.17) is 24.7 Å². The van der Waals surface area contributed by atoms with Gasteiger partial charge in [0, 0.05) is 23.9 Å². The van der Waals surface area contributed by atoms with Crippen LogP contribution >= 0.6 is 0 Å². The van der Waals surface area contributed by atoms with Crippen LogP contribution in [0.4, 0.5) is 0 Å². The molecule has 2 aromatic rings. The summed E-state index contributed by atoms with van der Waals surface area (Å²) in [5, 5.41) is 0. The van der Waals surface area contributed by atoms with E-state index in [1.165, 1.54) is 14.2 Å². The van der Waals surface area contributed by atoms with Gasteiger partial charge in [0.15, 0.2) is 0 Å². The number of hydrogen-bond acceptors (Lipinski definition) is 7. The first-order valence-corrected chi connectivity index (χ1v) is 10.2. The first-order valence-electron chi connectivity index (χ1n) is 10.2. The predicted octanol–water partition coefficient (Wildman–Crippen LogP) is 2.21. The van der Waals surface area contributed by atoms with Gasteiger partial charge in [0.05, 0.1) is 38.3 Å². The number of carbonyl (C=O) groups excluding carboxylic acids is 1. The summed E-state index contributed by atoms with van der Waals surface area (Å²) in [6, 6.07) is 8.98. The third-order valence-electron chi connectivity index (χ3n) is 5.83. The van der Waals surface area contributed by atoms with Gasteiger partial charge >= 0.3 is 5.97 Å². The fraction of sp³-hybridized carbons (Fsp3) is 0.391. The number of ether oxygens (including phenoxy) is 4. The summed E-state index contributed by atoms with van der Waals surface area (Å²) in [6.07, 6.45) is 1.85. The average molecular weight is 426 g/mol. The molecule has 2 aliphatic rings. The van der Waals surface area contributed by atoms with E-state index in [9.17, 15) is 9.59 Å². The van der Waals surface area contributed by atoms with E-state index in [0.29, 0.717) is 35.8 Å².